The second kappa shape index (κ2) is 7.48. The van der Waals surface area contributed by atoms with Gasteiger partial charge in [0.2, 0.25) is 0 Å². The minimum absolute atomic E-state index is 0.105. The molecule has 0 saturated carbocycles. The number of nitrogens with zero attached hydrogens (tertiary/aromatic N) is 2. The number of carbonyl (C=O) groups excluding carboxylic acids is 1. The summed E-state index contributed by atoms with van der Waals surface area (Å²) in [5, 5.41) is 10.0. The summed E-state index contributed by atoms with van der Waals surface area (Å²) in [6.45, 7) is 6.57. The molecular weight excluding hydrogens is 334 g/mol. The fourth-order valence-electron chi connectivity index (χ4n) is 2.44. The van der Waals surface area contributed by atoms with Crippen molar-refractivity contribution in [3.63, 3.8) is 0 Å². The van der Waals surface area contributed by atoms with Crippen LogP contribution in [0, 0.1) is 6.92 Å². The lowest BCUT2D eigenvalue weighted by molar-refractivity contribution is 0.250. The molecular formula is C18H21N5OS. The number of hydrogen-bond acceptors (Lipinski definition) is 5. The first-order valence-corrected chi connectivity index (χ1v) is 8.94. The second-order valence-corrected chi connectivity index (χ2v) is 7.34. The number of rotatable bonds is 5. The summed E-state index contributed by atoms with van der Waals surface area (Å²) in [5.41, 5.74) is 1.87. The number of carbonyl (C=O) groups is 1. The van der Waals surface area contributed by atoms with Crippen molar-refractivity contribution in [2.75, 3.05) is 10.6 Å². The minimum Gasteiger partial charge on any atom is -0.365 e. The largest absolute Gasteiger partial charge is 0.365 e. The number of thiophene rings is 1. The van der Waals surface area contributed by atoms with E-state index in [1.165, 1.54) is 4.88 Å². The Morgan fingerprint density at radius 2 is 1.96 bits per heavy atom. The van der Waals surface area contributed by atoms with Gasteiger partial charge in [0.15, 0.2) is 0 Å². The summed E-state index contributed by atoms with van der Waals surface area (Å²) in [5.74, 6) is 0.841. The second-order valence-electron chi connectivity index (χ2n) is 6.10. The topological polar surface area (TPSA) is 78.9 Å². The van der Waals surface area contributed by atoms with Gasteiger partial charge in [-0.2, -0.15) is 0 Å². The quantitative estimate of drug-likeness (QED) is 0.643. The van der Waals surface area contributed by atoms with Crippen molar-refractivity contribution in [3.05, 3.63) is 47.1 Å². The zero-order chi connectivity index (χ0) is 17.8. The molecule has 0 radical (unpaired) electrons. The molecule has 0 unspecified atom stereocenters. The fraction of sp³-hybridized carbons (Fsp3) is 0.278. The third-order valence-corrected chi connectivity index (χ3v) is 4.50. The molecule has 0 aliphatic carbocycles. The van der Waals surface area contributed by atoms with Crippen LogP contribution < -0.4 is 16.0 Å². The molecule has 2 amide bonds. The molecule has 25 heavy (non-hydrogen) atoms. The lowest BCUT2D eigenvalue weighted by Gasteiger charge is -2.11. The highest BCUT2D eigenvalue weighted by Crippen LogP contribution is 2.27. The van der Waals surface area contributed by atoms with Crippen molar-refractivity contribution in [2.45, 2.75) is 33.4 Å². The number of nitrogens with one attached hydrogen (secondary N) is 3. The van der Waals surface area contributed by atoms with Crippen molar-refractivity contribution < 1.29 is 4.79 Å². The smallest absolute Gasteiger partial charge is 0.319 e. The lowest BCUT2D eigenvalue weighted by Crippen LogP contribution is -2.34. The van der Waals surface area contributed by atoms with Crippen LogP contribution in [0.3, 0.4) is 0 Å². The van der Waals surface area contributed by atoms with Crippen molar-refractivity contribution in [3.8, 4) is 0 Å². The first-order valence-electron chi connectivity index (χ1n) is 8.13. The van der Waals surface area contributed by atoms with Crippen molar-refractivity contribution in [2.24, 2.45) is 0 Å². The molecule has 0 saturated heterocycles. The Kier molecular flexibility index (Phi) is 5.14. The van der Waals surface area contributed by atoms with Gasteiger partial charge in [-0.05, 0) is 44.5 Å². The van der Waals surface area contributed by atoms with Gasteiger partial charge in [0.05, 0.1) is 5.39 Å². The van der Waals surface area contributed by atoms with E-state index < -0.39 is 0 Å². The maximum absolute atomic E-state index is 11.7. The summed E-state index contributed by atoms with van der Waals surface area (Å²) >= 11 is 1.66. The Morgan fingerprint density at radius 3 is 2.68 bits per heavy atom. The standard InChI is InChI=1S/C18H21N5OS/c1-11(2)22-18(24)23-14-6-4-13(5-7-14)9-19-16-15-8-12(3)25-17(15)21-10-20-16/h4-8,10-11H,9H2,1-3H3,(H,19,20,21)(H2,22,23,24). The highest BCUT2D eigenvalue weighted by Gasteiger charge is 2.07. The number of amides is 2. The van der Waals surface area contributed by atoms with E-state index in [9.17, 15) is 4.79 Å². The number of aryl methyl sites for hydroxylation is 1. The fourth-order valence-corrected chi connectivity index (χ4v) is 3.29. The predicted octanol–water partition coefficient (Wildman–Crippen LogP) is 4.14. The zero-order valence-electron chi connectivity index (χ0n) is 14.5. The van der Waals surface area contributed by atoms with Crippen LogP contribution >= 0.6 is 11.3 Å². The molecule has 130 valence electrons. The van der Waals surface area contributed by atoms with Gasteiger partial charge in [0, 0.05) is 23.2 Å². The zero-order valence-corrected chi connectivity index (χ0v) is 15.3. The summed E-state index contributed by atoms with van der Waals surface area (Å²) < 4.78 is 0. The summed E-state index contributed by atoms with van der Waals surface area (Å²) in [4.78, 5) is 22.5. The first kappa shape index (κ1) is 17.2. The van der Waals surface area contributed by atoms with Gasteiger partial charge in [0.25, 0.3) is 0 Å². The molecule has 1 aromatic carbocycles. The Labute approximate surface area is 150 Å². The van der Waals surface area contributed by atoms with E-state index in [1.54, 1.807) is 17.7 Å². The third-order valence-electron chi connectivity index (χ3n) is 3.54. The van der Waals surface area contributed by atoms with Gasteiger partial charge in [-0.15, -0.1) is 11.3 Å². The number of hydrogen-bond donors (Lipinski definition) is 3. The molecule has 0 atom stereocenters. The summed E-state index contributed by atoms with van der Waals surface area (Å²) in [6.07, 6.45) is 1.58. The molecule has 3 N–H and O–H groups in total. The van der Waals surface area contributed by atoms with Gasteiger partial charge in [-0.1, -0.05) is 12.1 Å². The molecule has 0 spiro atoms. The third kappa shape index (κ3) is 4.45. The van der Waals surface area contributed by atoms with Crippen LogP contribution in [0.25, 0.3) is 10.2 Å². The minimum atomic E-state index is -0.197. The van der Waals surface area contributed by atoms with E-state index in [0.29, 0.717) is 6.54 Å². The van der Waals surface area contributed by atoms with E-state index >= 15 is 0 Å². The highest BCUT2D eigenvalue weighted by molar-refractivity contribution is 7.18. The molecule has 0 bridgehead atoms. The molecule has 6 nitrogen and oxygen atoms in total. The van der Waals surface area contributed by atoms with Gasteiger partial charge >= 0.3 is 6.03 Å². The highest BCUT2D eigenvalue weighted by atomic mass is 32.1. The van der Waals surface area contributed by atoms with Crippen molar-refractivity contribution >= 4 is 39.1 Å². The average molecular weight is 355 g/mol. The van der Waals surface area contributed by atoms with Gasteiger partial charge in [-0.25, -0.2) is 14.8 Å². The monoisotopic (exact) mass is 355 g/mol. The average Bonchev–Trinajstić information content (AvgIpc) is 2.94. The SMILES string of the molecule is Cc1cc2c(NCc3ccc(NC(=O)NC(C)C)cc3)ncnc2s1. The van der Waals surface area contributed by atoms with Gasteiger partial charge in [0.1, 0.15) is 17.0 Å². The van der Waals surface area contributed by atoms with E-state index in [0.717, 1.165) is 27.3 Å². The molecule has 0 fully saturated rings. The molecule has 7 heteroatoms. The van der Waals surface area contributed by atoms with Crippen LogP contribution in [0.4, 0.5) is 16.3 Å². The molecule has 3 aromatic rings. The van der Waals surface area contributed by atoms with Crippen LogP contribution in [0.2, 0.25) is 0 Å². The first-order chi connectivity index (χ1) is 12.0. The Bertz CT molecular complexity index is 873. The molecule has 2 heterocycles. The molecule has 0 aliphatic heterocycles. The van der Waals surface area contributed by atoms with Crippen LogP contribution in [0.1, 0.15) is 24.3 Å². The Balaban J connectivity index is 1.62. The van der Waals surface area contributed by atoms with E-state index in [2.05, 4.69) is 38.9 Å². The normalized spacial score (nSPS) is 10.9. The number of anilines is 2. The lowest BCUT2D eigenvalue weighted by atomic mass is 10.2. The molecule has 3 rings (SSSR count). The van der Waals surface area contributed by atoms with Crippen molar-refractivity contribution in [1.82, 2.24) is 15.3 Å². The Morgan fingerprint density at radius 1 is 1.20 bits per heavy atom. The van der Waals surface area contributed by atoms with Gasteiger partial charge < -0.3 is 16.0 Å². The van der Waals surface area contributed by atoms with E-state index in [4.69, 9.17) is 0 Å². The van der Waals surface area contributed by atoms with Crippen LogP contribution in [0.15, 0.2) is 36.7 Å². The summed E-state index contributed by atoms with van der Waals surface area (Å²) in [7, 11) is 0. The summed E-state index contributed by atoms with van der Waals surface area (Å²) in [6, 6.07) is 9.75. The Hall–Kier alpha value is -2.67. The maximum atomic E-state index is 11.7. The number of benzene rings is 1. The predicted molar refractivity (Wildman–Crippen MR) is 103 cm³/mol. The molecule has 2 aromatic heterocycles. The molecule has 0 aliphatic rings. The van der Waals surface area contributed by atoms with E-state index in [-0.39, 0.29) is 12.1 Å². The number of fused-ring (bicyclic) bond motifs is 1. The van der Waals surface area contributed by atoms with Crippen LogP contribution in [-0.4, -0.2) is 22.0 Å². The maximum Gasteiger partial charge on any atom is 0.319 e. The van der Waals surface area contributed by atoms with Crippen LogP contribution in [0.5, 0.6) is 0 Å². The number of aromatic nitrogens is 2. The van der Waals surface area contributed by atoms with Crippen LogP contribution in [-0.2, 0) is 6.54 Å². The number of urea groups is 1. The van der Waals surface area contributed by atoms with E-state index in [1.807, 2.05) is 38.1 Å². The van der Waals surface area contributed by atoms with Crippen molar-refractivity contribution in [1.29, 1.82) is 0 Å². The van der Waals surface area contributed by atoms with Gasteiger partial charge in [-0.3, -0.25) is 0 Å².